The van der Waals surface area contributed by atoms with Gasteiger partial charge in [0, 0.05) is 6.54 Å². The van der Waals surface area contributed by atoms with E-state index < -0.39 is 0 Å². The molecule has 0 aromatic rings. The summed E-state index contributed by atoms with van der Waals surface area (Å²) < 4.78 is 0. The third kappa shape index (κ3) is 2.43. The van der Waals surface area contributed by atoms with Gasteiger partial charge in [0.2, 0.25) is 0 Å². The average molecular weight is 153 g/mol. The first kappa shape index (κ1) is 7.81. The van der Waals surface area contributed by atoms with Gasteiger partial charge in [0.1, 0.15) is 0 Å². The van der Waals surface area contributed by atoms with Crippen LogP contribution < -0.4 is 11.3 Å². The fourth-order valence-corrected chi connectivity index (χ4v) is 0.854. The standard InChI is InChI=1S/C7H11N3O/c8-9-7(11)6-10-4-2-1-3-5-10/h1-4H,5-6,8H2,(H,9,11). The first-order chi connectivity index (χ1) is 5.33. The molecule has 0 aromatic heterocycles. The van der Waals surface area contributed by atoms with Crippen LogP contribution >= 0.6 is 0 Å². The predicted molar refractivity (Wildman–Crippen MR) is 42.2 cm³/mol. The summed E-state index contributed by atoms with van der Waals surface area (Å²) >= 11 is 0. The highest BCUT2D eigenvalue weighted by atomic mass is 16.2. The minimum atomic E-state index is -0.176. The highest BCUT2D eigenvalue weighted by Gasteiger charge is 2.04. The first-order valence-electron chi connectivity index (χ1n) is 3.40. The molecule has 60 valence electrons. The molecule has 0 saturated heterocycles. The zero-order valence-corrected chi connectivity index (χ0v) is 6.16. The van der Waals surface area contributed by atoms with Gasteiger partial charge in [-0.2, -0.15) is 0 Å². The van der Waals surface area contributed by atoms with Gasteiger partial charge >= 0.3 is 0 Å². The minimum absolute atomic E-state index is 0.176. The Morgan fingerprint density at radius 1 is 1.64 bits per heavy atom. The summed E-state index contributed by atoms with van der Waals surface area (Å²) in [4.78, 5) is 12.6. The fourth-order valence-electron chi connectivity index (χ4n) is 0.854. The molecule has 0 aliphatic carbocycles. The highest BCUT2D eigenvalue weighted by Crippen LogP contribution is 1.96. The van der Waals surface area contributed by atoms with E-state index in [4.69, 9.17) is 5.84 Å². The van der Waals surface area contributed by atoms with Gasteiger partial charge in [-0.3, -0.25) is 10.2 Å². The van der Waals surface area contributed by atoms with Crippen molar-refractivity contribution < 1.29 is 4.79 Å². The molecule has 0 spiro atoms. The first-order valence-corrected chi connectivity index (χ1v) is 3.40. The molecule has 0 bridgehead atoms. The van der Waals surface area contributed by atoms with Crippen LogP contribution in [0, 0.1) is 0 Å². The summed E-state index contributed by atoms with van der Waals surface area (Å²) in [6.07, 6.45) is 7.66. The van der Waals surface area contributed by atoms with Crippen LogP contribution in [0.5, 0.6) is 0 Å². The van der Waals surface area contributed by atoms with Gasteiger partial charge < -0.3 is 4.90 Å². The van der Waals surface area contributed by atoms with Crippen LogP contribution in [0.15, 0.2) is 24.4 Å². The minimum Gasteiger partial charge on any atom is -0.364 e. The number of nitrogens with two attached hydrogens (primary N) is 1. The molecule has 1 aliphatic rings. The van der Waals surface area contributed by atoms with Crippen LogP contribution in [0.2, 0.25) is 0 Å². The molecule has 1 amide bonds. The quantitative estimate of drug-likeness (QED) is 0.315. The van der Waals surface area contributed by atoms with E-state index in [1.807, 2.05) is 29.3 Å². The van der Waals surface area contributed by atoms with Crippen LogP contribution in [0.1, 0.15) is 0 Å². The largest absolute Gasteiger partial charge is 0.364 e. The van der Waals surface area contributed by atoms with Gasteiger partial charge in [-0.15, -0.1) is 0 Å². The van der Waals surface area contributed by atoms with Crippen molar-refractivity contribution in [1.29, 1.82) is 0 Å². The van der Waals surface area contributed by atoms with E-state index in [1.54, 1.807) is 0 Å². The molecule has 11 heavy (non-hydrogen) atoms. The van der Waals surface area contributed by atoms with E-state index in [2.05, 4.69) is 5.43 Å². The molecule has 3 N–H and O–H groups in total. The lowest BCUT2D eigenvalue weighted by molar-refractivity contribution is -0.121. The zero-order chi connectivity index (χ0) is 8.10. The zero-order valence-electron chi connectivity index (χ0n) is 6.16. The topological polar surface area (TPSA) is 58.4 Å². The molecular weight excluding hydrogens is 142 g/mol. The molecule has 1 heterocycles. The molecular formula is C7H11N3O. The SMILES string of the molecule is NNC(=O)CN1C=CC=CC1. The molecule has 1 rings (SSSR count). The van der Waals surface area contributed by atoms with Gasteiger partial charge in [0.25, 0.3) is 5.91 Å². The van der Waals surface area contributed by atoms with Crippen LogP contribution in [0.3, 0.4) is 0 Å². The summed E-state index contributed by atoms with van der Waals surface area (Å²) in [5, 5.41) is 0. The van der Waals surface area contributed by atoms with Gasteiger partial charge in [-0.1, -0.05) is 12.2 Å². The van der Waals surface area contributed by atoms with Crippen LogP contribution in [-0.4, -0.2) is 23.9 Å². The number of hydrogen-bond donors (Lipinski definition) is 2. The Labute approximate surface area is 65.3 Å². The van der Waals surface area contributed by atoms with Crippen molar-refractivity contribution in [3.05, 3.63) is 24.4 Å². The van der Waals surface area contributed by atoms with Gasteiger partial charge in [-0.05, 0) is 12.3 Å². The third-order valence-corrected chi connectivity index (χ3v) is 1.39. The summed E-state index contributed by atoms with van der Waals surface area (Å²) in [5.41, 5.74) is 2.07. The predicted octanol–water partition coefficient (Wildman–Crippen LogP) is -0.638. The lowest BCUT2D eigenvalue weighted by Gasteiger charge is -2.18. The lowest BCUT2D eigenvalue weighted by Crippen LogP contribution is -2.38. The van der Waals surface area contributed by atoms with Gasteiger partial charge in [0.15, 0.2) is 0 Å². The number of allylic oxidation sites excluding steroid dienone is 2. The molecule has 0 aromatic carbocycles. The molecule has 1 aliphatic heterocycles. The molecule has 4 nitrogen and oxygen atoms in total. The van der Waals surface area contributed by atoms with E-state index >= 15 is 0 Å². The van der Waals surface area contributed by atoms with E-state index in [9.17, 15) is 4.79 Å². The smallest absolute Gasteiger partial charge is 0.253 e. The van der Waals surface area contributed by atoms with E-state index in [1.165, 1.54) is 0 Å². The average Bonchev–Trinajstić information content (AvgIpc) is 2.06. The van der Waals surface area contributed by atoms with Crippen LogP contribution in [0.25, 0.3) is 0 Å². The maximum absolute atomic E-state index is 10.7. The summed E-state index contributed by atoms with van der Waals surface area (Å²) in [5.74, 6) is 4.74. The van der Waals surface area contributed by atoms with Crippen LogP contribution in [-0.2, 0) is 4.79 Å². The van der Waals surface area contributed by atoms with Crippen molar-refractivity contribution >= 4 is 5.91 Å². The number of rotatable bonds is 2. The third-order valence-electron chi connectivity index (χ3n) is 1.39. The summed E-state index contributed by atoms with van der Waals surface area (Å²) in [7, 11) is 0. The Hall–Kier alpha value is -1.29. The molecule has 0 saturated carbocycles. The van der Waals surface area contributed by atoms with E-state index in [0.29, 0.717) is 6.54 Å². The number of carbonyl (C=O) groups excluding carboxylic acids is 1. The Morgan fingerprint density at radius 2 is 2.45 bits per heavy atom. The maximum atomic E-state index is 10.7. The highest BCUT2D eigenvalue weighted by molar-refractivity contribution is 5.77. The Bertz CT molecular complexity index is 198. The van der Waals surface area contributed by atoms with Crippen LogP contribution in [0.4, 0.5) is 0 Å². The Morgan fingerprint density at radius 3 is 3.00 bits per heavy atom. The monoisotopic (exact) mass is 153 g/mol. The number of nitrogens with zero attached hydrogens (tertiary/aromatic N) is 1. The Balaban J connectivity index is 2.33. The van der Waals surface area contributed by atoms with Crippen molar-refractivity contribution in [2.75, 3.05) is 13.1 Å². The van der Waals surface area contributed by atoms with Crippen molar-refractivity contribution in [2.45, 2.75) is 0 Å². The van der Waals surface area contributed by atoms with Gasteiger partial charge in [0.05, 0.1) is 6.54 Å². The summed E-state index contributed by atoms with van der Waals surface area (Å²) in [6.45, 7) is 1.08. The normalized spacial score (nSPS) is 15.2. The number of amides is 1. The van der Waals surface area contributed by atoms with E-state index in [-0.39, 0.29) is 5.91 Å². The Kier molecular flexibility index (Phi) is 2.68. The fraction of sp³-hybridized carbons (Fsp3) is 0.286. The number of hydrazine groups is 1. The number of hydrogen-bond acceptors (Lipinski definition) is 3. The maximum Gasteiger partial charge on any atom is 0.253 e. The van der Waals surface area contributed by atoms with Gasteiger partial charge in [-0.25, -0.2) is 5.84 Å². The second kappa shape index (κ2) is 3.78. The number of carbonyl (C=O) groups is 1. The summed E-state index contributed by atoms with van der Waals surface area (Å²) in [6, 6.07) is 0. The van der Waals surface area contributed by atoms with Crippen molar-refractivity contribution in [2.24, 2.45) is 5.84 Å². The van der Waals surface area contributed by atoms with Crippen molar-refractivity contribution in [3.63, 3.8) is 0 Å². The van der Waals surface area contributed by atoms with Crippen molar-refractivity contribution in [1.82, 2.24) is 10.3 Å². The molecule has 4 heteroatoms. The second-order valence-electron chi connectivity index (χ2n) is 2.27. The van der Waals surface area contributed by atoms with E-state index in [0.717, 1.165) is 6.54 Å². The lowest BCUT2D eigenvalue weighted by atomic mass is 10.3. The van der Waals surface area contributed by atoms with Crippen molar-refractivity contribution in [3.8, 4) is 0 Å². The number of nitrogens with one attached hydrogen (secondary N) is 1. The molecule has 0 fully saturated rings. The molecule has 0 atom stereocenters. The second-order valence-corrected chi connectivity index (χ2v) is 2.27. The molecule has 0 radical (unpaired) electrons. The molecule has 0 unspecified atom stereocenters.